The highest BCUT2D eigenvalue weighted by atomic mass is 19.4. The summed E-state index contributed by atoms with van der Waals surface area (Å²) < 4.78 is 44.8. The molecule has 1 fully saturated rings. The fourth-order valence-corrected chi connectivity index (χ4v) is 5.05. The molecule has 0 radical (unpaired) electrons. The van der Waals surface area contributed by atoms with Crippen LogP contribution in [0.1, 0.15) is 37.8 Å². The molecule has 40 heavy (non-hydrogen) atoms. The molecule has 0 saturated carbocycles. The van der Waals surface area contributed by atoms with Gasteiger partial charge in [0.25, 0.3) is 5.91 Å². The molecule has 2 aromatic rings. The summed E-state index contributed by atoms with van der Waals surface area (Å²) in [5.74, 6) is -0.750. The number of hydrogen-bond donors (Lipinski definition) is 1. The number of nitrogens with one attached hydrogen (secondary N) is 1. The number of alkyl halides is 3. The summed E-state index contributed by atoms with van der Waals surface area (Å²) in [4.78, 5) is 17.4. The third kappa shape index (κ3) is 6.93. The topological polar surface area (TPSA) is 68.6 Å². The van der Waals surface area contributed by atoms with Crippen molar-refractivity contribution < 1.29 is 22.7 Å². The third-order valence-electron chi connectivity index (χ3n) is 7.09. The molecule has 9 heteroatoms. The number of morpholine rings is 1. The maximum absolute atomic E-state index is 13.1. The van der Waals surface area contributed by atoms with Crippen LogP contribution in [0.4, 0.5) is 24.5 Å². The number of amides is 1. The van der Waals surface area contributed by atoms with E-state index in [1.54, 1.807) is 6.08 Å². The average Bonchev–Trinajstić information content (AvgIpc) is 3.35. The van der Waals surface area contributed by atoms with Gasteiger partial charge < -0.3 is 19.9 Å². The number of rotatable bonds is 8. The molecule has 1 heterocycles. The lowest BCUT2D eigenvalue weighted by Crippen LogP contribution is -2.36. The van der Waals surface area contributed by atoms with E-state index in [0.29, 0.717) is 32.7 Å². The highest BCUT2D eigenvalue weighted by Gasteiger charge is 2.31. The Hall–Kier alpha value is -4.03. The average molecular weight is 551 g/mol. The minimum atomic E-state index is -4.54. The van der Waals surface area contributed by atoms with Crippen LogP contribution in [0, 0.1) is 11.3 Å². The lowest BCUT2D eigenvalue weighted by molar-refractivity contribution is -0.137. The van der Waals surface area contributed by atoms with Crippen molar-refractivity contribution in [2.24, 2.45) is 0 Å². The molecule has 1 N–H and O–H groups in total. The van der Waals surface area contributed by atoms with E-state index in [9.17, 15) is 23.2 Å². The molecular weight excluding hydrogens is 517 g/mol. The SMILES string of the molecule is CCN(CC)c1ccc(/C=C2/CCC(C=C(C#N)C(=O)Nc3cccc(C(F)(F)F)c3)=C2N2CCOCC2)cc1. The minimum absolute atomic E-state index is 0.0245. The van der Waals surface area contributed by atoms with Gasteiger partial charge in [0.2, 0.25) is 0 Å². The van der Waals surface area contributed by atoms with Gasteiger partial charge in [-0.1, -0.05) is 18.2 Å². The zero-order valence-electron chi connectivity index (χ0n) is 22.7. The van der Waals surface area contributed by atoms with Crippen molar-refractivity contribution in [3.8, 4) is 6.07 Å². The lowest BCUT2D eigenvalue weighted by atomic mass is 10.1. The van der Waals surface area contributed by atoms with Crippen LogP contribution < -0.4 is 10.2 Å². The summed E-state index contributed by atoms with van der Waals surface area (Å²) in [7, 11) is 0. The van der Waals surface area contributed by atoms with E-state index in [-0.39, 0.29) is 11.3 Å². The molecule has 0 spiro atoms. The van der Waals surface area contributed by atoms with Crippen LogP contribution in [-0.4, -0.2) is 50.2 Å². The Bertz CT molecular complexity index is 1340. The molecular formula is C31H33F3N4O2. The number of allylic oxidation sites excluding steroid dienone is 3. The Balaban J connectivity index is 1.64. The summed E-state index contributed by atoms with van der Waals surface area (Å²) in [6.45, 7) is 8.63. The fraction of sp³-hybridized carbons (Fsp3) is 0.355. The molecule has 0 atom stereocenters. The summed E-state index contributed by atoms with van der Waals surface area (Å²) in [5, 5.41) is 12.2. The normalized spacial score (nSPS) is 17.2. The largest absolute Gasteiger partial charge is 0.416 e. The zero-order chi connectivity index (χ0) is 28.7. The molecule has 1 aliphatic heterocycles. The van der Waals surface area contributed by atoms with Gasteiger partial charge in [-0.05, 0) is 85.9 Å². The quantitative estimate of drug-likeness (QED) is 0.304. The molecule has 6 nitrogen and oxygen atoms in total. The van der Waals surface area contributed by atoms with E-state index in [1.165, 1.54) is 12.1 Å². The maximum atomic E-state index is 13.1. The van der Waals surface area contributed by atoms with Gasteiger partial charge in [0.15, 0.2) is 0 Å². The first-order chi connectivity index (χ1) is 19.2. The highest BCUT2D eigenvalue weighted by Crippen LogP contribution is 2.37. The Morgan fingerprint density at radius 2 is 1.80 bits per heavy atom. The van der Waals surface area contributed by atoms with Crippen LogP contribution in [0.25, 0.3) is 6.08 Å². The van der Waals surface area contributed by atoms with Gasteiger partial charge in [-0.2, -0.15) is 18.4 Å². The Morgan fingerprint density at radius 1 is 1.10 bits per heavy atom. The summed E-state index contributed by atoms with van der Waals surface area (Å²) >= 11 is 0. The monoisotopic (exact) mass is 550 g/mol. The van der Waals surface area contributed by atoms with Crippen molar-refractivity contribution in [2.75, 3.05) is 49.6 Å². The number of benzene rings is 2. The van der Waals surface area contributed by atoms with Gasteiger partial charge in [0.1, 0.15) is 11.6 Å². The van der Waals surface area contributed by atoms with Crippen LogP contribution in [-0.2, 0) is 15.7 Å². The molecule has 4 rings (SSSR count). The van der Waals surface area contributed by atoms with E-state index in [2.05, 4.69) is 59.3 Å². The molecule has 0 bridgehead atoms. The smallest absolute Gasteiger partial charge is 0.378 e. The van der Waals surface area contributed by atoms with Gasteiger partial charge >= 0.3 is 6.18 Å². The molecule has 1 saturated heterocycles. The van der Waals surface area contributed by atoms with Crippen LogP contribution in [0.2, 0.25) is 0 Å². The molecule has 1 aliphatic carbocycles. The summed E-state index contributed by atoms with van der Waals surface area (Å²) in [6, 6.07) is 14.7. The van der Waals surface area contributed by atoms with Crippen molar-refractivity contribution in [3.63, 3.8) is 0 Å². The first-order valence-corrected chi connectivity index (χ1v) is 13.5. The second kappa shape index (κ2) is 12.9. The van der Waals surface area contributed by atoms with Crippen LogP contribution in [0.3, 0.4) is 0 Å². The van der Waals surface area contributed by atoms with Gasteiger partial charge in [-0.15, -0.1) is 0 Å². The molecule has 210 valence electrons. The number of carbonyl (C=O) groups excluding carboxylic acids is 1. The van der Waals surface area contributed by atoms with E-state index in [0.717, 1.165) is 59.7 Å². The maximum Gasteiger partial charge on any atom is 0.416 e. The van der Waals surface area contributed by atoms with Crippen molar-refractivity contribution >= 4 is 23.4 Å². The van der Waals surface area contributed by atoms with Crippen LogP contribution in [0.15, 0.2) is 77.0 Å². The van der Waals surface area contributed by atoms with Crippen molar-refractivity contribution in [1.29, 1.82) is 5.26 Å². The number of carbonyl (C=O) groups is 1. The summed E-state index contributed by atoms with van der Waals surface area (Å²) in [6.07, 6.45) is 0.553. The fourth-order valence-electron chi connectivity index (χ4n) is 5.05. The van der Waals surface area contributed by atoms with E-state index >= 15 is 0 Å². The zero-order valence-corrected chi connectivity index (χ0v) is 22.7. The van der Waals surface area contributed by atoms with Crippen molar-refractivity contribution in [2.45, 2.75) is 32.9 Å². The van der Waals surface area contributed by atoms with Crippen molar-refractivity contribution in [1.82, 2.24) is 4.90 Å². The summed E-state index contributed by atoms with van der Waals surface area (Å²) in [5.41, 5.74) is 4.10. The molecule has 2 aliphatic rings. The number of ether oxygens (including phenoxy) is 1. The second-order valence-corrected chi connectivity index (χ2v) is 9.61. The van der Waals surface area contributed by atoms with E-state index in [1.807, 2.05) is 6.07 Å². The van der Waals surface area contributed by atoms with E-state index < -0.39 is 17.6 Å². The van der Waals surface area contributed by atoms with Gasteiger partial charge in [0, 0.05) is 43.3 Å². The number of nitriles is 1. The van der Waals surface area contributed by atoms with Crippen LogP contribution >= 0.6 is 0 Å². The molecule has 0 unspecified atom stereocenters. The van der Waals surface area contributed by atoms with Gasteiger partial charge in [-0.25, -0.2) is 0 Å². The molecule has 0 aromatic heterocycles. The first-order valence-electron chi connectivity index (χ1n) is 13.5. The van der Waals surface area contributed by atoms with E-state index in [4.69, 9.17) is 4.74 Å². The Kier molecular flexibility index (Phi) is 9.33. The lowest BCUT2D eigenvalue weighted by Gasteiger charge is -2.31. The number of halogens is 3. The number of nitrogens with zero attached hydrogens (tertiary/aromatic N) is 3. The number of anilines is 2. The number of hydrogen-bond acceptors (Lipinski definition) is 5. The second-order valence-electron chi connectivity index (χ2n) is 9.61. The van der Waals surface area contributed by atoms with Crippen molar-refractivity contribution in [3.05, 3.63) is 88.2 Å². The predicted molar refractivity (Wildman–Crippen MR) is 150 cm³/mol. The third-order valence-corrected chi connectivity index (χ3v) is 7.09. The standard InChI is InChI=1S/C31H33F3N4O2/c1-3-37(4-2)28-12-8-22(9-13-28)18-23-10-11-24(29(23)38-14-16-40-17-15-38)19-25(21-35)30(39)36-27-7-5-6-26(20-27)31(32,33)34/h5-9,12-13,18-20H,3-4,10-11,14-17H2,1-2H3,(H,36,39)/b23-18-,25-19?. The van der Waals surface area contributed by atoms with Crippen LogP contribution in [0.5, 0.6) is 0 Å². The predicted octanol–water partition coefficient (Wildman–Crippen LogP) is 6.40. The van der Waals surface area contributed by atoms with Gasteiger partial charge in [-0.3, -0.25) is 4.79 Å². The first kappa shape index (κ1) is 29.0. The Labute approximate surface area is 233 Å². The molecule has 2 aromatic carbocycles. The highest BCUT2D eigenvalue weighted by molar-refractivity contribution is 6.07. The Morgan fingerprint density at radius 3 is 2.42 bits per heavy atom. The van der Waals surface area contributed by atoms with Gasteiger partial charge in [0.05, 0.1) is 18.8 Å². The minimum Gasteiger partial charge on any atom is -0.378 e. The molecule has 1 amide bonds.